The van der Waals surface area contributed by atoms with Crippen molar-refractivity contribution in [2.75, 3.05) is 11.9 Å². The van der Waals surface area contributed by atoms with Crippen LogP contribution in [-0.2, 0) is 0 Å². The van der Waals surface area contributed by atoms with Crippen molar-refractivity contribution < 1.29 is 0 Å². The third-order valence-corrected chi connectivity index (χ3v) is 3.17. The maximum Gasteiger partial charge on any atom is 0.348 e. The lowest BCUT2D eigenvalue weighted by Crippen LogP contribution is -2.20. The van der Waals surface area contributed by atoms with E-state index in [1.54, 1.807) is 6.07 Å². The summed E-state index contributed by atoms with van der Waals surface area (Å²) in [6.45, 7) is 4.74. The number of fused-ring (bicyclic) bond motifs is 1. The smallest absolute Gasteiger partial charge is 0.348 e. The normalized spacial score (nSPS) is 13.2. The highest BCUT2D eigenvalue weighted by atomic mass is 35.5. The molecular formula is C10H14ClN5O. The monoisotopic (exact) mass is 255 g/mol. The number of nitrogens with zero attached hydrogens (tertiary/aromatic N) is 3. The van der Waals surface area contributed by atoms with Gasteiger partial charge in [0.25, 0.3) is 0 Å². The molecule has 1 unspecified atom stereocenters. The third kappa shape index (κ3) is 2.58. The number of rotatable bonds is 4. The van der Waals surface area contributed by atoms with Crippen LogP contribution in [0.4, 0.5) is 5.82 Å². The summed E-state index contributed by atoms with van der Waals surface area (Å²) < 4.78 is 1.34. The quantitative estimate of drug-likeness (QED) is 0.802. The fourth-order valence-electron chi connectivity index (χ4n) is 1.34. The second-order valence-corrected chi connectivity index (χ2v) is 4.73. The Morgan fingerprint density at radius 3 is 3.06 bits per heavy atom. The second-order valence-electron chi connectivity index (χ2n) is 4.17. The van der Waals surface area contributed by atoms with Crippen molar-refractivity contribution in [3.8, 4) is 0 Å². The SMILES string of the molecule is CC(C)C(Cl)CNc1cc2n[nH]c(=O)n2cn1. The van der Waals surface area contributed by atoms with E-state index in [2.05, 4.69) is 34.3 Å². The fourth-order valence-corrected chi connectivity index (χ4v) is 1.42. The highest BCUT2D eigenvalue weighted by Crippen LogP contribution is 2.11. The number of alkyl halides is 1. The topological polar surface area (TPSA) is 75.1 Å². The third-order valence-electron chi connectivity index (χ3n) is 2.51. The van der Waals surface area contributed by atoms with E-state index in [1.807, 2.05) is 0 Å². The van der Waals surface area contributed by atoms with Crippen molar-refractivity contribution in [2.45, 2.75) is 19.2 Å². The van der Waals surface area contributed by atoms with Gasteiger partial charge in [-0.3, -0.25) is 0 Å². The average Bonchev–Trinajstić information content (AvgIpc) is 2.67. The van der Waals surface area contributed by atoms with Crippen molar-refractivity contribution in [2.24, 2.45) is 5.92 Å². The molecule has 0 amide bonds. The number of halogens is 1. The molecular weight excluding hydrogens is 242 g/mol. The van der Waals surface area contributed by atoms with Crippen LogP contribution in [-0.4, -0.2) is 31.5 Å². The van der Waals surface area contributed by atoms with E-state index >= 15 is 0 Å². The second kappa shape index (κ2) is 4.75. The number of aromatic amines is 1. The van der Waals surface area contributed by atoms with E-state index in [9.17, 15) is 4.79 Å². The van der Waals surface area contributed by atoms with Gasteiger partial charge in [0.05, 0.1) is 5.38 Å². The first-order valence-electron chi connectivity index (χ1n) is 5.38. The highest BCUT2D eigenvalue weighted by Gasteiger charge is 2.09. The van der Waals surface area contributed by atoms with E-state index in [4.69, 9.17) is 11.6 Å². The van der Waals surface area contributed by atoms with Crippen LogP contribution >= 0.6 is 11.6 Å². The van der Waals surface area contributed by atoms with E-state index in [-0.39, 0.29) is 11.1 Å². The molecule has 7 heteroatoms. The highest BCUT2D eigenvalue weighted by molar-refractivity contribution is 6.21. The van der Waals surface area contributed by atoms with Gasteiger partial charge in [-0.05, 0) is 5.92 Å². The standard InChI is InChI=1S/C10H14ClN5O/c1-6(2)7(11)4-12-8-3-9-14-15-10(17)16(9)5-13-8/h3,5-7,12H,4H2,1-2H3,(H,15,17). The number of hydrogen-bond acceptors (Lipinski definition) is 4. The summed E-state index contributed by atoms with van der Waals surface area (Å²) in [5.41, 5.74) is 0.236. The molecule has 2 aromatic rings. The predicted octanol–water partition coefficient (Wildman–Crippen LogP) is 1.09. The van der Waals surface area contributed by atoms with E-state index < -0.39 is 0 Å². The number of anilines is 1. The van der Waals surface area contributed by atoms with E-state index in [0.29, 0.717) is 23.9 Å². The molecule has 0 bridgehead atoms. The van der Waals surface area contributed by atoms with Gasteiger partial charge in [0.2, 0.25) is 0 Å². The molecule has 0 saturated heterocycles. The van der Waals surface area contributed by atoms with Crippen LogP contribution in [0.25, 0.3) is 5.65 Å². The van der Waals surface area contributed by atoms with Gasteiger partial charge < -0.3 is 5.32 Å². The van der Waals surface area contributed by atoms with Crippen molar-refractivity contribution in [1.29, 1.82) is 0 Å². The van der Waals surface area contributed by atoms with Gasteiger partial charge in [-0.1, -0.05) is 13.8 Å². The lowest BCUT2D eigenvalue weighted by Gasteiger charge is -2.14. The molecule has 1 atom stereocenters. The Labute approximate surface area is 103 Å². The zero-order chi connectivity index (χ0) is 12.4. The number of aromatic nitrogens is 4. The number of nitrogens with one attached hydrogen (secondary N) is 2. The van der Waals surface area contributed by atoms with Gasteiger partial charge >= 0.3 is 5.69 Å². The molecule has 0 spiro atoms. The fraction of sp³-hybridized carbons (Fsp3) is 0.500. The van der Waals surface area contributed by atoms with Gasteiger partial charge in [0.15, 0.2) is 5.65 Å². The summed E-state index contributed by atoms with van der Waals surface area (Å²) in [4.78, 5) is 15.3. The molecule has 0 aliphatic rings. The first-order chi connectivity index (χ1) is 8.08. The maximum absolute atomic E-state index is 11.2. The van der Waals surface area contributed by atoms with Crippen LogP contribution in [0.2, 0.25) is 0 Å². The molecule has 0 fully saturated rings. The van der Waals surface area contributed by atoms with Gasteiger partial charge in [-0.2, -0.15) is 5.10 Å². The van der Waals surface area contributed by atoms with Crippen LogP contribution in [0, 0.1) is 5.92 Å². The Balaban J connectivity index is 2.12. The molecule has 0 aromatic carbocycles. The Bertz CT molecular complexity index is 561. The van der Waals surface area contributed by atoms with Gasteiger partial charge in [-0.25, -0.2) is 19.3 Å². The van der Waals surface area contributed by atoms with E-state index in [0.717, 1.165) is 0 Å². The number of hydrogen-bond donors (Lipinski definition) is 2. The zero-order valence-corrected chi connectivity index (χ0v) is 10.4. The molecule has 2 rings (SSSR count). The minimum Gasteiger partial charge on any atom is -0.368 e. The average molecular weight is 256 g/mol. The van der Waals surface area contributed by atoms with Crippen molar-refractivity contribution in [3.05, 3.63) is 22.9 Å². The van der Waals surface area contributed by atoms with Crippen LogP contribution in [0.15, 0.2) is 17.2 Å². The summed E-state index contributed by atoms with van der Waals surface area (Å²) in [6.07, 6.45) is 1.43. The molecule has 0 saturated carbocycles. The molecule has 2 N–H and O–H groups in total. The Kier molecular flexibility index (Phi) is 3.33. The Hall–Kier alpha value is -1.56. The Morgan fingerprint density at radius 1 is 1.59 bits per heavy atom. The van der Waals surface area contributed by atoms with Crippen molar-refractivity contribution in [1.82, 2.24) is 19.6 Å². The minimum absolute atomic E-state index is 0.0365. The van der Waals surface area contributed by atoms with Crippen molar-refractivity contribution >= 4 is 23.1 Å². The minimum atomic E-state index is -0.295. The molecule has 2 heterocycles. The Morgan fingerprint density at radius 2 is 2.35 bits per heavy atom. The van der Waals surface area contributed by atoms with Gasteiger partial charge in [-0.15, -0.1) is 11.6 Å². The lowest BCUT2D eigenvalue weighted by molar-refractivity contribution is 0.615. The largest absolute Gasteiger partial charge is 0.368 e. The molecule has 6 nitrogen and oxygen atoms in total. The summed E-state index contributed by atoms with van der Waals surface area (Å²) >= 11 is 6.12. The summed E-state index contributed by atoms with van der Waals surface area (Å²) in [6, 6.07) is 1.70. The maximum atomic E-state index is 11.2. The molecule has 0 radical (unpaired) electrons. The summed E-state index contributed by atoms with van der Waals surface area (Å²) in [7, 11) is 0. The van der Waals surface area contributed by atoms with E-state index in [1.165, 1.54) is 10.7 Å². The predicted molar refractivity (Wildman–Crippen MR) is 66.6 cm³/mol. The molecule has 0 aliphatic heterocycles. The lowest BCUT2D eigenvalue weighted by atomic mass is 10.1. The molecule has 0 aliphatic carbocycles. The first-order valence-corrected chi connectivity index (χ1v) is 5.82. The van der Waals surface area contributed by atoms with Crippen LogP contribution in [0.3, 0.4) is 0 Å². The molecule has 2 aromatic heterocycles. The van der Waals surface area contributed by atoms with Crippen LogP contribution < -0.4 is 11.0 Å². The van der Waals surface area contributed by atoms with Crippen LogP contribution in [0.5, 0.6) is 0 Å². The zero-order valence-electron chi connectivity index (χ0n) is 9.64. The number of H-pyrrole nitrogens is 1. The van der Waals surface area contributed by atoms with Gasteiger partial charge in [0.1, 0.15) is 12.1 Å². The van der Waals surface area contributed by atoms with Crippen molar-refractivity contribution in [3.63, 3.8) is 0 Å². The molecule has 92 valence electrons. The first kappa shape index (κ1) is 11.9. The summed E-state index contributed by atoms with van der Waals surface area (Å²) in [5.74, 6) is 1.05. The summed E-state index contributed by atoms with van der Waals surface area (Å²) in [5, 5.41) is 9.36. The van der Waals surface area contributed by atoms with Crippen LogP contribution in [0.1, 0.15) is 13.8 Å². The molecule has 17 heavy (non-hydrogen) atoms. The van der Waals surface area contributed by atoms with Gasteiger partial charge in [0, 0.05) is 12.6 Å².